The molecule has 0 saturated carbocycles. The molecule has 2 aliphatic heterocycles. The van der Waals surface area contributed by atoms with Gasteiger partial charge in [0.2, 0.25) is 0 Å². The van der Waals surface area contributed by atoms with Crippen molar-refractivity contribution in [2.75, 3.05) is 11.4 Å². The average molecular weight is 454 g/mol. The number of halogens is 1. The van der Waals surface area contributed by atoms with Gasteiger partial charge in [-0.25, -0.2) is 4.99 Å². The summed E-state index contributed by atoms with van der Waals surface area (Å²) in [5.41, 5.74) is 4.59. The summed E-state index contributed by atoms with van der Waals surface area (Å²) < 4.78 is 0. The number of hydrogen-bond acceptors (Lipinski definition) is 4. The molecule has 1 saturated heterocycles. The van der Waals surface area contributed by atoms with Crippen LogP contribution >= 0.6 is 23.4 Å². The molecular formula is C25H28ClN3OS. The lowest BCUT2D eigenvalue weighted by atomic mass is 9.79. The highest BCUT2D eigenvalue weighted by Gasteiger charge is 2.35. The standard InChI is InChI=1S/C25H28ClN3OS/c1-5-11-29-21-10-9-17(12-20(21)16(2)15-25(29,3)4)13-22-23(30)28-24(31-22)27-19-8-6-7-18(26)14-19/h6-10,12-14,16H,5,11,15H2,1-4H3,(H,27,28,30)/b22-13+. The van der Waals surface area contributed by atoms with Crippen molar-refractivity contribution >= 4 is 51.9 Å². The third-order valence-electron chi connectivity index (χ3n) is 5.84. The molecule has 1 amide bonds. The number of rotatable bonds is 4. The minimum Gasteiger partial charge on any atom is -0.366 e. The second-order valence-corrected chi connectivity index (χ2v) is 10.3. The van der Waals surface area contributed by atoms with Gasteiger partial charge < -0.3 is 10.2 Å². The smallest absolute Gasteiger partial charge is 0.264 e. The van der Waals surface area contributed by atoms with Gasteiger partial charge in [-0.15, -0.1) is 0 Å². The van der Waals surface area contributed by atoms with Crippen LogP contribution in [0.25, 0.3) is 6.08 Å². The molecule has 6 heteroatoms. The molecule has 2 aliphatic rings. The summed E-state index contributed by atoms with van der Waals surface area (Å²) in [5, 5.41) is 4.04. The van der Waals surface area contributed by atoms with E-state index < -0.39 is 0 Å². The van der Waals surface area contributed by atoms with Crippen LogP contribution in [-0.2, 0) is 4.79 Å². The highest BCUT2D eigenvalue weighted by molar-refractivity contribution is 8.18. The molecule has 4 nitrogen and oxygen atoms in total. The predicted octanol–water partition coefficient (Wildman–Crippen LogP) is 6.73. The molecular weight excluding hydrogens is 426 g/mol. The van der Waals surface area contributed by atoms with Crippen LogP contribution in [0.4, 0.5) is 11.4 Å². The van der Waals surface area contributed by atoms with E-state index in [1.807, 2.05) is 18.2 Å². The first-order valence-corrected chi connectivity index (χ1v) is 11.9. The van der Waals surface area contributed by atoms with Crippen molar-refractivity contribution in [1.29, 1.82) is 0 Å². The van der Waals surface area contributed by atoms with E-state index in [2.05, 4.69) is 61.1 Å². The van der Waals surface area contributed by atoms with Crippen LogP contribution in [0.15, 0.2) is 52.4 Å². The topological polar surface area (TPSA) is 44.7 Å². The number of anilines is 1. The molecule has 0 bridgehead atoms. The number of hydrogen-bond donors (Lipinski definition) is 1. The van der Waals surface area contributed by atoms with Crippen LogP contribution in [-0.4, -0.2) is 23.2 Å². The molecule has 1 fully saturated rings. The van der Waals surface area contributed by atoms with Gasteiger partial charge in [0.05, 0.1) is 10.6 Å². The molecule has 0 spiro atoms. The number of benzene rings is 2. The lowest BCUT2D eigenvalue weighted by molar-refractivity contribution is -0.115. The van der Waals surface area contributed by atoms with Gasteiger partial charge in [0.25, 0.3) is 5.91 Å². The van der Waals surface area contributed by atoms with E-state index in [1.165, 1.54) is 23.0 Å². The Morgan fingerprint density at radius 2 is 2.10 bits per heavy atom. The maximum atomic E-state index is 12.5. The van der Waals surface area contributed by atoms with Gasteiger partial charge in [0, 0.05) is 22.8 Å². The van der Waals surface area contributed by atoms with Crippen LogP contribution in [0.1, 0.15) is 57.6 Å². The van der Waals surface area contributed by atoms with Gasteiger partial charge in [-0.1, -0.05) is 37.6 Å². The Morgan fingerprint density at radius 3 is 2.84 bits per heavy atom. The zero-order chi connectivity index (χ0) is 22.2. The monoisotopic (exact) mass is 453 g/mol. The highest BCUT2D eigenvalue weighted by Crippen LogP contribution is 2.44. The van der Waals surface area contributed by atoms with Crippen molar-refractivity contribution in [2.24, 2.45) is 4.99 Å². The quantitative estimate of drug-likeness (QED) is 0.521. The first-order valence-electron chi connectivity index (χ1n) is 10.7. The lowest BCUT2D eigenvalue weighted by Crippen LogP contribution is -2.48. The SMILES string of the molecule is CCCN1c2ccc(/C=C3/SC(=Nc4cccc(Cl)c4)NC3=O)cc2C(C)CC1(C)C. The normalized spacial score (nSPS) is 22.7. The van der Waals surface area contributed by atoms with Crippen molar-refractivity contribution in [3.05, 3.63) is 63.5 Å². The van der Waals surface area contributed by atoms with E-state index in [0.29, 0.717) is 21.0 Å². The molecule has 1 unspecified atom stereocenters. The number of aliphatic imine (C=N–C) groups is 1. The molecule has 1 N–H and O–H groups in total. The molecule has 2 heterocycles. The molecule has 0 radical (unpaired) electrons. The highest BCUT2D eigenvalue weighted by atomic mass is 35.5. The van der Waals surface area contributed by atoms with Crippen LogP contribution in [0.5, 0.6) is 0 Å². The number of carbonyl (C=O) groups excluding carboxylic acids is 1. The molecule has 1 atom stereocenters. The molecule has 0 aromatic heterocycles. The van der Waals surface area contributed by atoms with Gasteiger partial charge in [-0.05, 0) is 91.9 Å². The Kier molecular flexibility index (Phi) is 6.18. The van der Waals surface area contributed by atoms with Crippen molar-refractivity contribution in [3.8, 4) is 0 Å². The van der Waals surface area contributed by atoms with Gasteiger partial charge >= 0.3 is 0 Å². The van der Waals surface area contributed by atoms with E-state index in [-0.39, 0.29) is 11.4 Å². The molecule has 4 rings (SSSR count). The third kappa shape index (κ3) is 4.68. The average Bonchev–Trinajstić information content (AvgIpc) is 3.03. The van der Waals surface area contributed by atoms with Crippen molar-refractivity contribution in [2.45, 2.75) is 52.0 Å². The van der Waals surface area contributed by atoms with E-state index in [9.17, 15) is 4.79 Å². The number of amidine groups is 1. The lowest BCUT2D eigenvalue weighted by Gasteiger charge is -2.47. The zero-order valence-corrected chi connectivity index (χ0v) is 20.0. The van der Waals surface area contributed by atoms with Crippen LogP contribution in [0.2, 0.25) is 5.02 Å². The molecule has 162 valence electrons. The van der Waals surface area contributed by atoms with Crippen molar-refractivity contribution < 1.29 is 4.79 Å². The van der Waals surface area contributed by atoms with E-state index >= 15 is 0 Å². The Labute approximate surface area is 193 Å². The minimum absolute atomic E-state index is 0.120. The first kappa shape index (κ1) is 22.0. The van der Waals surface area contributed by atoms with Gasteiger partial charge in [0.1, 0.15) is 0 Å². The number of nitrogens with zero attached hydrogens (tertiary/aromatic N) is 2. The second-order valence-electron chi connectivity index (χ2n) is 8.85. The van der Waals surface area contributed by atoms with E-state index in [1.54, 1.807) is 12.1 Å². The largest absolute Gasteiger partial charge is 0.366 e. The van der Waals surface area contributed by atoms with E-state index in [0.717, 1.165) is 30.6 Å². The predicted molar refractivity (Wildman–Crippen MR) is 133 cm³/mol. The number of carbonyl (C=O) groups is 1. The summed E-state index contributed by atoms with van der Waals surface area (Å²) in [6, 6.07) is 13.9. The Bertz CT molecular complexity index is 1080. The summed E-state index contributed by atoms with van der Waals surface area (Å²) in [5.74, 6) is 0.353. The fourth-order valence-electron chi connectivity index (χ4n) is 4.54. The maximum Gasteiger partial charge on any atom is 0.264 e. The minimum atomic E-state index is -0.120. The zero-order valence-electron chi connectivity index (χ0n) is 18.4. The number of fused-ring (bicyclic) bond motifs is 1. The Hall–Kier alpha value is -2.24. The van der Waals surface area contributed by atoms with Gasteiger partial charge in [0.15, 0.2) is 5.17 Å². The van der Waals surface area contributed by atoms with Crippen LogP contribution < -0.4 is 10.2 Å². The summed E-state index contributed by atoms with van der Waals surface area (Å²) in [4.78, 5) is 20.2. The fraction of sp³-hybridized carbons (Fsp3) is 0.360. The molecule has 2 aromatic carbocycles. The first-order chi connectivity index (χ1) is 14.8. The maximum absolute atomic E-state index is 12.5. The van der Waals surface area contributed by atoms with Gasteiger partial charge in [-0.3, -0.25) is 4.79 Å². The summed E-state index contributed by atoms with van der Waals surface area (Å²) in [6.07, 6.45) is 4.19. The molecule has 2 aromatic rings. The van der Waals surface area contributed by atoms with Crippen molar-refractivity contribution in [1.82, 2.24) is 5.32 Å². The van der Waals surface area contributed by atoms with Crippen LogP contribution in [0, 0.1) is 0 Å². The van der Waals surface area contributed by atoms with Crippen molar-refractivity contribution in [3.63, 3.8) is 0 Å². The summed E-state index contributed by atoms with van der Waals surface area (Å²) >= 11 is 7.39. The summed E-state index contributed by atoms with van der Waals surface area (Å²) in [7, 11) is 0. The van der Waals surface area contributed by atoms with E-state index in [4.69, 9.17) is 11.6 Å². The summed E-state index contributed by atoms with van der Waals surface area (Å²) in [6.45, 7) is 10.2. The fourth-order valence-corrected chi connectivity index (χ4v) is 5.57. The third-order valence-corrected chi connectivity index (χ3v) is 6.99. The number of nitrogens with one attached hydrogen (secondary N) is 1. The molecule has 0 aliphatic carbocycles. The van der Waals surface area contributed by atoms with Crippen LogP contribution in [0.3, 0.4) is 0 Å². The molecule has 31 heavy (non-hydrogen) atoms. The number of thioether (sulfide) groups is 1. The Morgan fingerprint density at radius 1 is 1.29 bits per heavy atom. The second kappa shape index (κ2) is 8.71. The van der Waals surface area contributed by atoms with Gasteiger partial charge in [-0.2, -0.15) is 0 Å². The Balaban J connectivity index is 1.61. The number of amides is 1.